The number of halogens is 1. The molecule has 1 aromatic carbocycles. The van der Waals surface area contributed by atoms with E-state index >= 15 is 0 Å². The highest BCUT2D eigenvalue weighted by Gasteiger charge is 2.21. The van der Waals surface area contributed by atoms with Gasteiger partial charge in [0.15, 0.2) is 0 Å². The van der Waals surface area contributed by atoms with E-state index in [1.54, 1.807) is 19.2 Å². The molecule has 1 N–H and O–H groups in total. The Kier molecular flexibility index (Phi) is 5.76. The fourth-order valence-electron chi connectivity index (χ4n) is 2.06. The van der Waals surface area contributed by atoms with Crippen LogP contribution >= 0.6 is 0 Å². The molecule has 0 saturated carbocycles. The van der Waals surface area contributed by atoms with Crippen LogP contribution < -0.4 is 10.1 Å². The highest BCUT2D eigenvalue weighted by atomic mass is 19.1. The van der Waals surface area contributed by atoms with Gasteiger partial charge >= 0.3 is 0 Å². The molecule has 0 aliphatic rings. The van der Waals surface area contributed by atoms with Crippen molar-refractivity contribution in [3.8, 4) is 5.75 Å². The van der Waals surface area contributed by atoms with Crippen molar-refractivity contribution >= 4 is 0 Å². The van der Waals surface area contributed by atoms with Crippen molar-refractivity contribution in [1.29, 1.82) is 0 Å². The van der Waals surface area contributed by atoms with E-state index in [-0.39, 0.29) is 17.5 Å². The zero-order chi connectivity index (χ0) is 14.5. The van der Waals surface area contributed by atoms with Gasteiger partial charge < -0.3 is 14.8 Å². The third-order valence-corrected chi connectivity index (χ3v) is 3.03. The number of hydrogen-bond acceptors (Lipinski definition) is 3. The van der Waals surface area contributed by atoms with E-state index in [1.807, 2.05) is 27.7 Å². The Hall–Kier alpha value is -1.13. The van der Waals surface area contributed by atoms with Crippen molar-refractivity contribution < 1.29 is 13.9 Å². The minimum absolute atomic E-state index is 0.143. The number of methoxy groups -OCH3 is 1. The van der Waals surface area contributed by atoms with E-state index in [0.717, 1.165) is 0 Å². The van der Waals surface area contributed by atoms with E-state index in [0.29, 0.717) is 24.5 Å². The zero-order valence-electron chi connectivity index (χ0n) is 12.4. The summed E-state index contributed by atoms with van der Waals surface area (Å²) in [7, 11) is 1.55. The van der Waals surface area contributed by atoms with Gasteiger partial charge in [-0.2, -0.15) is 0 Å². The van der Waals surface area contributed by atoms with Crippen molar-refractivity contribution in [3.05, 3.63) is 29.6 Å². The minimum atomic E-state index is -0.276. The maximum atomic E-state index is 13.9. The smallest absolute Gasteiger partial charge is 0.131 e. The van der Waals surface area contributed by atoms with E-state index in [2.05, 4.69) is 5.32 Å². The second kappa shape index (κ2) is 6.87. The summed E-state index contributed by atoms with van der Waals surface area (Å²) in [4.78, 5) is 0. The molecule has 0 aliphatic heterocycles. The molecule has 1 unspecified atom stereocenters. The van der Waals surface area contributed by atoms with Crippen LogP contribution in [0.2, 0.25) is 0 Å². The van der Waals surface area contributed by atoms with Gasteiger partial charge in [-0.3, -0.25) is 0 Å². The quantitative estimate of drug-likeness (QED) is 0.824. The lowest BCUT2D eigenvalue weighted by molar-refractivity contribution is -0.0104. The molecular formula is C15H24FNO2. The molecule has 0 aliphatic carbocycles. The average Bonchev–Trinajstić information content (AvgIpc) is 2.35. The first-order valence-electron chi connectivity index (χ1n) is 6.61. The standard InChI is InChI=1S/C15H24FNO2/c1-6-19-15(3,4)10-17-11(2)14-12(16)8-7-9-13(14)18-5/h7-9,11,17H,6,10H2,1-5H3. The number of ether oxygens (including phenoxy) is 2. The van der Waals surface area contributed by atoms with Gasteiger partial charge in [0.1, 0.15) is 11.6 Å². The van der Waals surface area contributed by atoms with Gasteiger partial charge in [0.2, 0.25) is 0 Å². The number of nitrogens with one attached hydrogen (secondary N) is 1. The van der Waals surface area contributed by atoms with Crippen LogP contribution in [0.15, 0.2) is 18.2 Å². The highest BCUT2D eigenvalue weighted by Crippen LogP contribution is 2.27. The normalized spacial score (nSPS) is 13.4. The minimum Gasteiger partial charge on any atom is -0.496 e. The molecule has 19 heavy (non-hydrogen) atoms. The van der Waals surface area contributed by atoms with E-state index < -0.39 is 0 Å². The Bertz CT molecular complexity index is 407. The maximum Gasteiger partial charge on any atom is 0.131 e. The fourth-order valence-corrected chi connectivity index (χ4v) is 2.06. The molecular weight excluding hydrogens is 245 g/mol. The SMILES string of the molecule is CCOC(C)(C)CNC(C)c1c(F)cccc1OC. The van der Waals surface area contributed by atoms with Crippen molar-refractivity contribution in [2.45, 2.75) is 39.3 Å². The number of hydrogen-bond donors (Lipinski definition) is 1. The lowest BCUT2D eigenvalue weighted by Crippen LogP contribution is -2.39. The lowest BCUT2D eigenvalue weighted by atomic mass is 10.0. The van der Waals surface area contributed by atoms with Gasteiger partial charge in [0, 0.05) is 24.8 Å². The van der Waals surface area contributed by atoms with E-state index in [4.69, 9.17) is 9.47 Å². The molecule has 1 atom stereocenters. The van der Waals surface area contributed by atoms with Crippen molar-refractivity contribution in [2.24, 2.45) is 0 Å². The van der Waals surface area contributed by atoms with Crippen LogP contribution in [0.4, 0.5) is 4.39 Å². The van der Waals surface area contributed by atoms with Crippen molar-refractivity contribution in [3.63, 3.8) is 0 Å². The molecule has 3 nitrogen and oxygen atoms in total. The number of benzene rings is 1. The van der Waals surface area contributed by atoms with Gasteiger partial charge in [-0.25, -0.2) is 4.39 Å². The number of rotatable bonds is 7. The monoisotopic (exact) mass is 269 g/mol. The van der Waals surface area contributed by atoms with Gasteiger partial charge in [-0.15, -0.1) is 0 Å². The summed E-state index contributed by atoms with van der Waals surface area (Å²) in [5, 5.41) is 3.29. The molecule has 0 fully saturated rings. The zero-order valence-corrected chi connectivity index (χ0v) is 12.4. The predicted octanol–water partition coefficient (Wildman–Crippen LogP) is 3.30. The van der Waals surface area contributed by atoms with Gasteiger partial charge in [-0.1, -0.05) is 6.07 Å². The molecule has 4 heteroatoms. The molecule has 1 rings (SSSR count). The first-order valence-corrected chi connectivity index (χ1v) is 6.61. The van der Waals surface area contributed by atoms with Crippen LogP contribution in [0, 0.1) is 5.82 Å². The second-order valence-corrected chi connectivity index (χ2v) is 5.15. The second-order valence-electron chi connectivity index (χ2n) is 5.15. The van der Waals surface area contributed by atoms with Crippen LogP contribution in [0.3, 0.4) is 0 Å². The Morgan fingerprint density at radius 1 is 1.37 bits per heavy atom. The predicted molar refractivity (Wildman–Crippen MR) is 75.1 cm³/mol. The van der Waals surface area contributed by atoms with Crippen LogP contribution in [-0.4, -0.2) is 25.9 Å². The Balaban J connectivity index is 2.76. The van der Waals surface area contributed by atoms with Gasteiger partial charge in [0.25, 0.3) is 0 Å². The summed E-state index contributed by atoms with van der Waals surface area (Å²) in [5.74, 6) is 0.308. The van der Waals surface area contributed by atoms with Gasteiger partial charge in [-0.05, 0) is 39.8 Å². The van der Waals surface area contributed by atoms with Gasteiger partial charge in [0.05, 0.1) is 12.7 Å². The molecule has 0 bridgehead atoms. The molecule has 0 spiro atoms. The summed E-state index contributed by atoms with van der Waals surface area (Å²) in [6.07, 6.45) is 0. The Morgan fingerprint density at radius 3 is 2.63 bits per heavy atom. The molecule has 0 radical (unpaired) electrons. The van der Waals surface area contributed by atoms with E-state index in [9.17, 15) is 4.39 Å². The summed E-state index contributed by atoms with van der Waals surface area (Å²) < 4.78 is 24.7. The Morgan fingerprint density at radius 2 is 2.05 bits per heavy atom. The molecule has 0 heterocycles. The van der Waals surface area contributed by atoms with Crippen LogP contribution in [0.1, 0.15) is 39.3 Å². The Labute approximate surface area is 115 Å². The molecule has 0 aromatic heterocycles. The summed E-state index contributed by atoms with van der Waals surface area (Å²) in [6.45, 7) is 9.20. The van der Waals surface area contributed by atoms with Crippen LogP contribution in [0.25, 0.3) is 0 Å². The van der Waals surface area contributed by atoms with Crippen molar-refractivity contribution in [1.82, 2.24) is 5.32 Å². The van der Waals surface area contributed by atoms with E-state index in [1.165, 1.54) is 6.07 Å². The summed E-state index contributed by atoms with van der Waals surface area (Å²) >= 11 is 0. The summed E-state index contributed by atoms with van der Waals surface area (Å²) in [5.41, 5.74) is 0.277. The van der Waals surface area contributed by atoms with Crippen molar-refractivity contribution in [2.75, 3.05) is 20.3 Å². The fraction of sp³-hybridized carbons (Fsp3) is 0.600. The maximum absolute atomic E-state index is 13.9. The molecule has 0 saturated heterocycles. The lowest BCUT2D eigenvalue weighted by Gasteiger charge is -2.27. The highest BCUT2D eigenvalue weighted by molar-refractivity contribution is 5.36. The van der Waals surface area contributed by atoms with Crippen LogP contribution in [0.5, 0.6) is 5.75 Å². The average molecular weight is 269 g/mol. The third-order valence-electron chi connectivity index (χ3n) is 3.03. The molecule has 108 valence electrons. The van der Waals surface area contributed by atoms with Crippen LogP contribution in [-0.2, 0) is 4.74 Å². The topological polar surface area (TPSA) is 30.5 Å². The largest absolute Gasteiger partial charge is 0.496 e. The molecule has 0 amide bonds. The molecule has 1 aromatic rings. The first kappa shape index (κ1) is 15.9. The third kappa shape index (κ3) is 4.48. The first-order chi connectivity index (χ1) is 8.91. The summed E-state index contributed by atoms with van der Waals surface area (Å²) in [6, 6.07) is 4.72.